The minimum Gasteiger partial charge on any atom is -0.380 e. The molecule has 0 amide bonds. The van der Waals surface area contributed by atoms with Gasteiger partial charge in [-0.05, 0) is 24.6 Å². The number of ether oxygens (including phenoxy) is 1. The van der Waals surface area contributed by atoms with Gasteiger partial charge >= 0.3 is 0 Å². The Morgan fingerprint density at radius 1 is 1.30 bits per heavy atom. The van der Waals surface area contributed by atoms with E-state index in [2.05, 4.69) is 42.9 Å². The normalized spacial score (nSPS) is 13.3. The van der Waals surface area contributed by atoms with Crippen molar-refractivity contribution in [3.05, 3.63) is 35.0 Å². The van der Waals surface area contributed by atoms with Gasteiger partial charge < -0.3 is 14.6 Å². The molecule has 2 aromatic rings. The van der Waals surface area contributed by atoms with Crippen molar-refractivity contribution in [2.75, 3.05) is 7.11 Å². The Morgan fingerprint density at radius 3 is 2.70 bits per heavy atom. The van der Waals surface area contributed by atoms with Crippen LogP contribution < -0.4 is 5.32 Å². The molecule has 20 heavy (non-hydrogen) atoms. The monoisotopic (exact) mass is 294 g/mol. The number of fused-ring (bicyclic) bond motifs is 1. The van der Waals surface area contributed by atoms with E-state index in [0.29, 0.717) is 6.04 Å². The predicted octanol–water partition coefficient (Wildman–Crippen LogP) is 3.83. The van der Waals surface area contributed by atoms with Gasteiger partial charge in [-0.1, -0.05) is 31.5 Å². The van der Waals surface area contributed by atoms with Crippen LogP contribution in [0.5, 0.6) is 0 Å². The minimum atomic E-state index is 0.176. The van der Waals surface area contributed by atoms with Crippen molar-refractivity contribution < 1.29 is 4.74 Å². The lowest BCUT2D eigenvalue weighted by Gasteiger charge is -2.11. The molecule has 110 valence electrons. The van der Waals surface area contributed by atoms with E-state index >= 15 is 0 Å². The Labute approximate surface area is 125 Å². The summed E-state index contributed by atoms with van der Waals surface area (Å²) in [7, 11) is 1.74. The number of aromatic nitrogens is 1. The molecule has 1 heterocycles. The lowest BCUT2D eigenvalue weighted by atomic mass is 10.1. The highest BCUT2D eigenvalue weighted by atomic mass is 35.5. The highest BCUT2D eigenvalue weighted by molar-refractivity contribution is 6.31. The maximum atomic E-state index is 6.14. The summed E-state index contributed by atoms with van der Waals surface area (Å²) in [6.45, 7) is 8.08. The van der Waals surface area contributed by atoms with Crippen molar-refractivity contribution in [1.29, 1.82) is 0 Å². The molecule has 0 aliphatic heterocycles. The molecular formula is C16H23ClN2O. The third kappa shape index (κ3) is 3.54. The van der Waals surface area contributed by atoms with E-state index in [9.17, 15) is 0 Å². The van der Waals surface area contributed by atoms with E-state index in [1.165, 1.54) is 16.5 Å². The minimum absolute atomic E-state index is 0.176. The fraction of sp³-hybridized carbons (Fsp3) is 0.500. The summed E-state index contributed by atoms with van der Waals surface area (Å²) in [4.78, 5) is 0. The van der Waals surface area contributed by atoms with Gasteiger partial charge in [-0.15, -0.1) is 0 Å². The Morgan fingerprint density at radius 2 is 2.05 bits per heavy atom. The molecule has 1 N–H and O–H groups in total. The van der Waals surface area contributed by atoms with E-state index in [0.717, 1.165) is 18.1 Å². The molecule has 0 spiro atoms. The number of nitrogens with one attached hydrogen (secondary N) is 1. The second-order valence-corrected chi connectivity index (χ2v) is 5.99. The molecule has 0 saturated heterocycles. The number of halogens is 1. The first-order valence-electron chi connectivity index (χ1n) is 7.04. The van der Waals surface area contributed by atoms with E-state index in [1.54, 1.807) is 7.11 Å². The molecule has 3 nitrogen and oxygen atoms in total. The molecule has 0 aliphatic rings. The highest BCUT2D eigenvalue weighted by Crippen LogP contribution is 2.25. The van der Waals surface area contributed by atoms with Gasteiger partial charge in [0.05, 0.1) is 6.10 Å². The van der Waals surface area contributed by atoms with E-state index < -0.39 is 0 Å². The third-order valence-electron chi connectivity index (χ3n) is 3.48. The lowest BCUT2D eigenvalue weighted by Crippen LogP contribution is -2.21. The molecule has 1 atom stereocenters. The van der Waals surface area contributed by atoms with Gasteiger partial charge in [0.25, 0.3) is 0 Å². The molecule has 0 fully saturated rings. The van der Waals surface area contributed by atoms with E-state index in [1.807, 2.05) is 12.1 Å². The number of methoxy groups -OCH3 is 1. The lowest BCUT2D eigenvalue weighted by molar-refractivity contribution is 0.104. The number of hydrogen-bond acceptors (Lipinski definition) is 2. The fourth-order valence-corrected chi connectivity index (χ4v) is 2.47. The summed E-state index contributed by atoms with van der Waals surface area (Å²) in [5.74, 6) is 0. The largest absolute Gasteiger partial charge is 0.380 e. The zero-order valence-electron chi connectivity index (χ0n) is 12.6. The van der Waals surface area contributed by atoms with Crippen molar-refractivity contribution in [2.45, 2.75) is 46.0 Å². The standard InChI is InChI=1S/C16H23ClN2O/c1-11(2)18-8-13-10-19(9-12(3)20-4)16-7-14(17)5-6-15(13)16/h5-7,10-12,18H,8-9H2,1-4H3. The molecule has 2 rings (SSSR count). The summed E-state index contributed by atoms with van der Waals surface area (Å²) in [5, 5.41) is 5.50. The first-order chi connectivity index (χ1) is 9.51. The summed E-state index contributed by atoms with van der Waals surface area (Å²) >= 11 is 6.14. The van der Waals surface area contributed by atoms with Crippen molar-refractivity contribution in [3.8, 4) is 0 Å². The van der Waals surface area contributed by atoms with Gasteiger partial charge in [0.1, 0.15) is 0 Å². The van der Waals surface area contributed by atoms with Crippen molar-refractivity contribution >= 4 is 22.5 Å². The zero-order valence-corrected chi connectivity index (χ0v) is 13.4. The third-order valence-corrected chi connectivity index (χ3v) is 3.72. The number of hydrogen-bond donors (Lipinski definition) is 1. The fourth-order valence-electron chi connectivity index (χ4n) is 2.30. The molecule has 4 heteroatoms. The summed E-state index contributed by atoms with van der Waals surface area (Å²) in [6, 6.07) is 6.55. The Hall–Kier alpha value is -1.03. The van der Waals surface area contributed by atoms with E-state index in [-0.39, 0.29) is 6.10 Å². The molecule has 0 aliphatic carbocycles. The quantitative estimate of drug-likeness (QED) is 0.876. The average molecular weight is 295 g/mol. The number of benzene rings is 1. The summed E-state index contributed by atoms with van der Waals surface area (Å²) in [6.07, 6.45) is 2.38. The van der Waals surface area contributed by atoms with Crippen LogP contribution in [0.1, 0.15) is 26.3 Å². The second-order valence-electron chi connectivity index (χ2n) is 5.55. The molecule has 1 unspecified atom stereocenters. The van der Waals surface area contributed by atoms with Crippen molar-refractivity contribution in [2.24, 2.45) is 0 Å². The van der Waals surface area contributed by atoms with Crippen LogP contribution in [-0.2, 0) is 17.8 Å². The second kappa shape index (κ2) is 6.61. The highest BCUT2D eigenvalue weighted by Gasteiger charge is 2.11. The first kappa shape index (κ1) is 15.4. The molecule has 1 aromatic heterocycles. The van der Waals surface area contributed by atoms with Crippen molar-refractivity contribution in [1.82, 2.24) is 9.88 Å². The number of nitrogens with zero attached hydrogens (tertiary/aromatic N) is 1. The maximum absolute atomic E-state index is 6.14. The summed E-state index contributed by atoms with van der Waals surface area (Å²) < 4.78 is 7.60. The van der Waals surface area contributed by atoms with Crippen LogP contribution in [0.25, 0.3) is 10.9 Å². The van der Waals surface area contributed by atoms with Gasteiger partial charge in [-0.25, -0.2) is 0 Å². The predicted molar refractivity (Wildman–Crippen MR) is 85.4 cm³/mol. The van der Waals surface area contributed by atoms with Gasteiger partial charge in [0.15, 0.2) is 0 Å². The van der Waals surface area contributed by atoms with Crippen LogP contribution in [0.2, 0.25) is 5.02 Å². The van der Waals surface area contributed by atoms with Crippen LogP contribution in [-0.4, -0.2) is 23.8 Å². The van der Waals surface area contributed by atoms with Crippen LogP contribution in [0.3, 0.4) is 0 Å². The smallest absolute Gasteiger partial charge is 0.0722 e. The molecule has 0 saturated carbocycles. The van der Waals surface area contributed by atoms with Crippen molar-refractivity contribution in [3.63, 3.8) is 0 Å². The van der Waals surface area contributed by atoms with Gasteiger partial charge in [0, 0.05) is 48.4 Å². The maximum Gasteiger partial charge on any atom is 0.0722 e. The van der Waals surface area contributed by atoms with Crippen LogP contribution in [0.4, 0.5) is 0 Å². The Bertz CT molecular complexity index is 577. The van der Waals surface area contributed by atoms with E-state index in [4.69, 9.17) is 16.3 Å². The summed E-state index contributed by atoms with van der Waals surface area (Å²) in [5.41, 5.74) is 2.47. The topological polar surface area (TPSA) is 26.2 Å². The van der Waals surface area contributed by atoms with Crippen LogP contribution >= 0.6 is 11.6 Å². The SMILES string of the molecule is COC(C)Cn1cc(CNC(C)C)c2ccc(Cl)cc21. The molecule has 1 aromatic carbocycles. The van der Waals surface area contributed by atoms with Crippen LogP contribution in [0, 0.1) is 0 Å². The first-order valence-corrected chi connectivity index (χ1v) is 7.42. The van der Waals surface area contributed by atoms with Gasteiger partial charge in [0.2, 0.25) is 0 Å². The number of rotatable bonds is 6. The Balaban J connectivity index is 2.37. The molecule has 0 radical (unpaired) electrons. The van der Waals surface area contributed by atoms with Gasteiger partial charge in [-0.3, -0.25) is 0 Å². The Kier molecular flexibility index (Phi) is 5.08. The average Bonchev–Trinajstić information content (AvgIpc) is 2.73. The van der Waals surface area contributed by atoms with Crippen LogP contribution in [0.15, 0.2) is 24.4 Å². The molecule has 0 bridgehead atoms. The molecular weight excluding hydrogens is 272 g/mol. The zero-order chi connectivity index (χ0) is 14.7. The van der Waals surface area contributed by atoms with Gasteiger partial charge in [-0.2, -0.15) is 0 Å².